The van der Waals surface area contributed by atoms with Crippen molar-refractivity contribution in [3.63, 3.8) is 0 Å². The summed E-state index contributed by atoms with van der Waals surface area (Å²) in [6, 6.07) is 14.3. The van der Waals surface area contributed by atoms with Crippen molar-refractivity contribution >= 4 is 27.7 Å². The number of imidazole rings is 1. The first-order valence-corrected chi connectivity index (χ1v) is 22.7. The zero-order valence-corrected chi connectivity index (χ0v) is 37.8. The number of benzene rings is 3. The molecule has 0 spiro atoms. The highest BCUT2D eigenvalue weighted by Gasteiger charge is 2.73. The third kappa shape index (κ3) is 6.00. The van der Waals surface area contributed by atoms with Gasteiger partial charge in [0.05, 0.1) is 59.0 Å². The van der Waals surface area contributed by atoms with Crippen LogP contribution in [0.5, 0.6) is 0 Å². The van der Waals surface area contributed by atoms with Gasteiger partial charge in [-0.05, 0) is 113 Å². The fourth-order valence-corrected chi connectivity index (χ4v) is 11.7. The molecule has 8 heterocycles. The molecular weight excluding hydrogens is 863 g/mol. The summed E-state index contributed by atoms with van der Waals surface area (Å²) in [6.45, 7) is 11.2. The molecule has 0 radical (unpaired) electrons. The van der Waals surface area contributed by atoms with E-state index in [0.717, 1.165) is 29.3 Å². The average Bonchev–Trinajstić information content (AvgIpc) is 4.09. The number of rotatable bonds is 7. The first-order chi connectivity index (χ1) is 32.2. The second-order valence-electron chi connectivity index (χ2n) is 19.3. The number of nitrogens with zero attached hydrogens (tertiary/aromatic N) is 9. The zero-order valence-electron chi connectivity index (χ0n) is 37.8. The van der Waals surface area contributed by atoms with Crippen molar-refractivity contribution in [2.24, 2.45) is 18.9 Å². The van der Waals surface area contributed by atoms with Crippen LogP contribution in [0.25, 0.3) is 39.0 Å². The quantitative estimate of drug-likeness (QED) is 0.184. The van der Waals surface area contributed by atoms with E-state index in [1.165, 1.54) is 21.5 Å². The van der Waals surface area contributed by atoms with Crippen molar-refractivity contribution in [1.82, 2.24) is 48.3 Å². The van der Waals surface area contributed by atoms with Crippen molar-refractivity contribution in [3.05, 3.63) is 139 Å². The molecule has 8 aromatic rings. The maximum atomic E-state index is 16.2. The highest BCUT2D eigenvalue weighted by molar-refractivity contribution is 6.00. The van der Waals surface area contributed by atoms with Gasteiger partial charge in [-0.1, -0.05) is 11.2 Å². The highest BCUT2D eigenvalue weighted by atomic mass is 19.1. The Kier molecular flexibility index (Phi) is 9.01. The third-order valence-electron chi connectivity index (χ3n) is 15.0. The number of aromatic amines is 1. The number of ether oxygens (including phenoxy) is 2. The second-order valence-corrected chi connectivity index (χ2v) is 19.3. The third-order valence-corrected chi connectivity index (χ3v) is 15.0. The average molecular weight is 911 g/mol. The van der Waals surface area contributed by atoms with Crippen LogP contribution in [0.15, 0.2) is 81.2 Å². The predicted molar refractivity (Wildman–Crippen MR) is 241 cm³/mol. The number of hydrogen-bond acceptors (Lipinski definition) is 9. The maximum Gasteiger partial charge on any atom is 0.438 e. The van der Waals surface area contributed by atoms with Crippen molar-refractivity contribution in [2.45, 2.75) is 77.0 Å². The van der Waals surface area contributed by atoms with Crippen LogP contribution in [0.4, 0.5) is 8.78 Å². The van der Waals surface area contributed by atoms with Gasteiger partial charge in [-0.15, -0.1) is 0 Å². The monoisotopic (exact) mass is 910 g/mol. The summed E-state index contributed by atoms with van der Waals surface area (Å²) in [4.78, 5) is 47.7. The van der Waals surface area contributed by atoms with Gasteiger partial charge in [0.25, 0.3) is 5.91 Å². The van der Waals surface area contributed by atoms with Gasteiger partial charge in [0.15, 0.2) is 11.6 Å². The summed E-state index contributed by atoms with van der Waals surface area (Å²) < 4.78 is 56.3. The molecule has 3 aliphatic heterocycles. The lowest BCUT2D eigenvalue weighted by Crippen LogP contribution is -2.41. The van der Waals surface area contributed by atoms with Crippen LogP contribution >= 0.6 is 0 Å². The van der Waals surface area contributed by atoms with Crippen molar-refractivity contribution in [3.8, 4) is 17.2 Å². The molecule has 3 aromatic carbocycles. The summed E-state index contributed by atoms with van der Waals surface area (Å²) in [5, 5.41) is 14.7. The Bertz CT molecular complexity index is 3460. The summed E-state index contributed by atoms with van der Waals surface area (Å²) in [7, 11) is 1.72. The number of carbonyl (C=O) groups excluding carboxylic acids is 1. The molecule has 12 rings (SSSR count). The maximum absolute atomic E-state index is 16.2. The van der Waals surface area contributed by atoms with Crippen molar-refractivity contribution in [2.75, 3.05) is 26.4 Å². The lowest BCUT2D eigenvalue weighted by atomic mass is 9.83. The van der Waals surface area contributed by atoms with Gasteiger partial charge in [0.2, 0.25) is 0 Å². The summed E-state index contributed by atoms with van der Waals surface area (Å²) in [5.74, 6) is -1.18. The van der Waals surface area contributed by atoms with Crippen molar-refractivity contribution < 1.29 is 27.6 Å². The molecule has 1 N–H and O–H groups in total. The number of halogens is 2. The Morgan fingerprint density at radius 1 is 0.940 bits per heavy atom. The van der Waals surface area contributed by atoms with E-state index in [9.17, 15) is 9.59 Å². The number of aryl methyl sites for hydroxylation is 3. The van der Waals surface area contributed by atoms with E-state index in [0.29, 0.717) is 77.2 Å². The van der Waals surface area contributed by atoms with Crippen LogP contribution in [0.3, 0.4) is 0 Å². The number of nitrogens with one attached hydrogen (secondary N) is 1. The Labute approximate surface area is 381 Å². The Balaban J connectivity index is 1.01. The molecule has 1 saturated carbocycles. The molecule has 5 aromatic heterocycles. The lowest BCUT2D eigenvalue weighted by Gasteiger charge is -2.35. The van der Waals surface area contributed by atoms with Gasteiger partial charge >= 0.3 is 11.4 Å². The van der Waals surface area contributed by atoms with Gasteiger partial charge in [0, 0.05) is 67.3 Å². The highest BCUT2D eigenvalue weighted by Crippen LogP contribution is 2.64. The molecular formula is C49H48F2N10O6. The van der Waals surface area contributed by atoms with Gasteiger partial charge in [-0.25, -0.2) is 23.1 Å². The molecule has 18 heteroatoms. The molecule has 4 aliphatic rings. The molecule has 1 aliphatic carbocycles. The second kappa shape index (κ2) is 14.5. The number of hydrogen-bond donors (Lipinski definition) is 1. The first kappa shape index (κ1) is 41.5. The van der Waals surface area contributed by atoms with E-state index < -0.39 is 28.8 Å². The normalized spacial score (nSPS) is 23.3. The molecule has 344 valence electrons. The zero-order chi connectivity index (χ0) is 46.4. The molecule has 3 fully saturated rings. The summed E-state index contributed by atoms with van der Waals surface area (Å²) in [5.41, 5.74) is 3.76. The van der Waals surface area contributed by atoms with Crippen molar-refractivity contribution in [1.29, 1.82) is 0 Å². The number of carbonyl (C=O) groups is 1. The Hall–Kier alpha value is -6.92. The minimum atomic E-state index is -0.928. The molecule has 4 atom stereocenters. The summed E-state index contributed by atoms with van der Waals surface area (Å²) in [6.07, 6.45) is 6.53. The smallest absolute Gasteiger partial charge is 0.381 e. The van der Waals surface area contributed by atoms with Crippen LogP contribution in [0.1, 0.15) is 89.8 Å². The van der Waals surface area contributed by atoms with Crippen LogP contribution in [0.2, 0.25) is 0 Å². The van der Waals surface area contributed by atoms with E-state index in [2.05, 4.69) is 47.3 Å². The lowest BCUT2D eigenvalue weighted by molar-refractivity contribution is -0.0592. The van der Waals surface area contributed by atoms with Gasteiger partial charge < -0.3 is 18.9 Å². The SMILES string of the molecule is Cc1cc(-n2nc3c(c2-n2ccn(-c4ccc5c(cnn5C)c4F)c2=O)[C@H](C)N(C(=O)c2cc4cc([C@H]5CCOC(C)(C)C5)ccc4n2C2(c4noc(=O)[nH]4)C4COCC42)CC3)cc(C)c1F. The standard InChI is InChI=1S/C49H48F2N10O6/c1-25-17-31(18-26(2)41(25)50)61-43(59-15-14-58(47(59)64)38-10-9-37-32(42(38)51)22-52-56(37)6)40-27(3)57(13-11-35(40)54-61)44(62)39-20-30-19-28(29-12-16-66-48(4,5)21-29)7-8-36(30)60(39)49(33-23-65-24-34(33)49)45-53-46(63)67-55-45/h7-10,14-15,17-20,22,27,29,33-34H,11-13,16,21,23-24H2,1-6H3,(H,53,55,63)/t27-,29-,33?,34?,49?/m0/s1. The minimum Gasteiger partial charge on any atom is -0.381 e. The largest absolute Gasteiger partial charge is 0.438 e. The first-order valence-electron chi connectivity index (χ1n) is 22.7. The number of fused-ring (bicyclic) bond motifs is 4. The Morgan fingerprint density at radius 3 is 2.42 bits per heavy atom. The van der Waals surface area contributed by atoms with Crippen LogP contribution in [0, 0.1) is 37.3 Å². The topological polar surface area (TPSA) is 165 Å². The molecule has 2 saturated heterocycles. The number of amides is 1. The molecule has 16 nitrogen and oxygen atoms in total. The summed E-state index contributed by atoms with van der Waals surface area (Å²) >= 11 is 0. The minimum absolute atomic E-state index is 0.0386. The van der Waals surface area contributed by atoms with E-state index in [-0.39, 0.29) is 52.7 Å². The van der Waals surface area contributed by atoms with E-state index in [4.69, 9.17) is 19.1 Å². The van der Waals surface area contributed by atoms with Gasteiger partial charge in [-0.3, -0.25) is 28.1 Å². The predicted octanol–water partition coefficient (Wildman–Crippen LogP) is 6.68. The van der Waals surface area contributed by atoms with Crippen LogP contribution in [-0.4, -0.2) is 86.2 Å². The molecule has 0 bridgehead atoms. The van der Waals surface area contributed by atoms with E-state index in [1.807, 2.05) is 17.6 Å². The number of H-pyrrole nitrogens is 1. The van der Waals surface area contributed by atoms with Gasteiger partial charge in [-0.2, -0.15) is 10.2 Å². The van der Waals surface area contributed by atoms with Gasteiger partial charge in [0.1, 0.15) is 22.9 Å². The van der Waals surface area contributed by atoms with Crippen LogP contribution in [-0.2, 0) is 28.5 Å². The van der Waals surface area contributed by atoms with E-state index in [1.54, 1.807) is 65.6 Å². The molecule has 2 unspecified atom stereocenters. The van der Waals surface area contributed by atoms with E-state index >= 15 is 13.6 Å². The Morgan fingerprint density at radius 2 is 1.69 bits per heavy atom. The fraction of sp³-hybridized carbons (Fsp3) is 0.388. The fourth-order valence-electron chi connectivity index (χ4n) is 11.7. The molecule has 67 heavy (non-hydrogen) atoms. The molecule has 1 amide bonds. The number of aromatic nitrogens is 9. The van der Waals surface area contributed by atoms with Crippen LogP contribution < -0.4 is 11.4 Å².